The van der Waals surface area contributed by atoms with Crippen molar-refractivity contribution in [2.24, 2.45) is 11.0 Å². The fourth-order valence-corrected chi connectivity index (χ4v) is 1.76. The van der Waals surface area contributed by atoms with E-state index in [4.69, 9.17) is 9.94 Å². The fraction of sp³-hybridized carbons (Fsp3) is 0.818. The largest absolute Gasteiger partial charge is 0.444 e. The van der Waals surface area contributed by atoms with Crippen LogP contribution in [0.4, 0.5) is 4.79 Å². The highest BCUT2D eigenvalue weighted by Gasteiger charge is 2.26. The summed E-state index contributed by atoms with van der Waals surface area (Å²) < 4.78 is 5.31. The van der Waals surface area contributed by atoms with E-state index in [2.05, 4.69) is 5.10 Å². The van der Waals surface area contributed by atoms with E-state index < -0.39 is 5.60 Å². The van der Waals surface area contributed by atoms with Crippen molar-refractivity contribution >= 4 is 12.3 Å². The summed E-state index contributed by atoms with van der Waals surface area (Å²) in [6.45, 7) is 6.85. The summed E-state index contributed by atoms with van der Waals surface area (Å²) in [4.78, 5) is 13.5. The third-order valence-electron chi connectivity index (χ3n) is 2.45. The highest BCUT2D eigenvalue weighted by Crippen LogP contribution is 2.18. The van der Waals surface area contributed by atoms with E-state index in [0.717, 1.165) is 12.8 Å². The second kappa shape index (κ2) is 5.86. The van der Waals surface area contributed by atoms with Crippen molar-refractivity contribution in [3.63, 3.8) is 0 Å². The molecule has 0 spiro atoms. The van der Waals surface area contributed by atoms with Gasteiger partial charge in [0.2, 0.25) is 0 Å². The number of hydrogen-bond acceptors (Lipinski definition) is 5. The normalized spacial score (nSPS) is 21.6. The van der Waals surface area contributed by atoms with Crippen LogP contribution in [0.25, 0.3) is 0 Å². The number of piperidine rings is 1. The number of carbonyl (C=O) groups excluding carboxylic acids is 1. The predicted octanol–water partition coefficient (Wildman–Crippen LogP) is 1.60. The molecule has 1 atom stereocenters. The Labute approximate surface area is 102 Å². The molecule has 0 radical (unpaired) electrons. The first-order valence-corrected chi connectivity index (χ1v) is 5.82. The maximum absolute atomic E-state index is 11.8. The molecule has 17 heavy (non-hydrogen) atoms. The van der Waals surface area contributed by atoms with E-state index in [9.17, 15) is 4.79 Å². The van der Waals surface area contributed by atoms with Gasteiger partial charge in [-0.15, -0.1) is 0 Å². The Morgan fingerprint density at radius 1 is 1.59 bits per heavy atom. The lowest BCUT2D eigenvalue weighted by molar-refractivity contribution is 0.0195. The van der Waals surface area contributed by atoms with Crippen LogP contribution in [0.2, 0.25) is 0 Å². The molecule has 1 rings (SSSR count). The van der Waals surface area contributed by atoms with E-state index in [1.165, 1.54) is 0 Å². The van der Waals surface area contributed by atoms with Gasteiger partial charge in [-0.2, -0.15) is 10.7 Å². The van der Waals surface area contributed by atoms with E-state index in [0.29, 0.717) is 13.1 Å². The number of nitrogens with zero attached hydrogens (tertiary/aromatic N) is 2. The number of amides is 1. The summed E-state index contributed by atoms with van der Waals surface area (Å²) in [7, 11) is 0. The van der Waals surface area contributed by atoms with Crippen LogP contribution in [0, 0.1) is 5.92 Å². The quantitative estimate of drug-likeness (QED) is 0.570. The van der Waals surface area contributed by atoms with Crippen LogP contribution < -0.4 is 5.59 Å². The molecule has 98 valence electrons. The monoisotopic (exact) mass is 243 g/mol. The standard InChI is InChI=1S/C11H21N3O3/c1-11(2,3)17-10(15)14-6-4-5-9(8-14)7-12-13-16/h7,9,13,16H,4-6,8H2,1-3H3/b12-7+. The van der Waals surface area contributed by atoms with Gasteiger partial charge in [-0.1, -0.05) is 0 Å². The molecule has 0 aromatic carbocycles. The Bertz CT molecular complexity index is 286. The highest BCUT2D eigenvalue weighted by atomic mass is 16.6. The molecular formula is C11H21N3O3. The topological polar surface area (TPSA) is 74.2 Å². The number of hydrogen-bond donors (Lipinski definition) is 2. The lowest BCUT2D eigenvalue weighted by atomic mass is 10.00. The number of rotatable bonds is 2. The highest BCUT2D eigenvalue weighted by molar-refractivity contribution is 5.70. The molecule has 1 unspecified atom stereocenters. The molecule has 1 saturated heterocycles. The first-order chi connectivity index (χ1) is 7.92. The molecular weight excluding hydrogens is 222 g/mol. The Hall–Kier alpha value is -1.30. The van der Waals surface area contributed by atoms with Crippen LogP contribution in [0.3, 0.4) is 0 Å². The molecule has 0 bridgehead atoms. The Balaban J connectivity index is 2.49. The molecule has 1 aliphatic rings. The Kier molecular flexibility index (Phi) is 4.74. The number of hydrazone groups is 1. The maximum atomic E-state index is 11.8. The molecule has 0 saturated carbocycles. The summed E-state index contributed by atoms with van der Waals surface area (Å²) in [5, 5.41) is 11.9. The lowest BCUT2D eigenvalue weighted by Crippen LogP contribution is -2.43. The summed E-state index contributed by atoms with van der Waals surface area (Å²) in [6.07, 6.45) is 3.22. The van der Waals surface area contributed by atoms with Gasteiger partial charge < -0.3 is 9.64 Å². The second-order valence-corrected chi connectivity index (χ2v) is 5.21. The number of carbonyl (C=O) groups is 1. The van der Waals surface area contributed by atoms with Crippen LogP contribution >= 0.6 is 0 Å². The molecule has 1 heterocycles. The van der Waals surface area contributed by atoms with Gasteiger partial charge >= 0.3 is 6.09 Å². The molecule has 1 fully saturated rings. The van der Waals surface area contributed by atoms with Gasteiger partial charge in [0.15, 0.2) is 0 Å². The fourth-order valence-electron chi connectivity index (χ4n) is 1.76. The first kappa shape index (κ1) is 13.8. The summed E-state index contributed by atoms with van der Waals surface area (Å²) in [5.41, 5.74) is 1.26. The van der Waals surface area contributed by atoms with Gasteiger partial charge in [0.25, 0.3) is 0 Å². The van der Waals surface area contributed by atoms with Gasteiger partial charge in [0.1, 0.15) is 5.60 Å². The SMILES string of the molecule is CC(C)(C)OC(=O)N1CCCC(/C=N/NO)C1. The minimum absolute atomic E-state index is 0.163. The molecule has 6 nitrogen and oxygen atoms in total. The number of likely N-dealkylation sites (tertiary alicyclic amines) is 1. The van der Waals surface area contributed by atoms with Gasteiger partial charge in [-0.05, 0) is 33.6 Å². The van der Waals surface area contributed by atoms with Crippen LogP contribution in [-0.2, 0) is 4.74 Å². The van der Waals surface area contributed by atoms with Crippen molar-refractivity contribution in [1.29, 1.82) is 0 Å². The molecule has 0 aromatic heterocycles. The van der Waals surface area contributed by atoms with Gasteiger partial charge in [0, 0.05) is 25.2 Å². The van der Waals surface area contributed by atoms with Gasteiger partial charge in [-0.3, -0.25) is 5.21 Å². The lowest BCUT2D eigenvalue weighted by Gasteiger charge is -2.32. The minimum atomic E-state index is -0.467. The minimum Gasteiger partial charge on any atom is -0.444 e. The third kappa shape index (κ3) is 5.04. The summed E-state index contributed by atoms with van der Waals surface area (Å²) >= 11 is 0. The molecule has 1 aliphatic heterocycles. The molecule has 2 N–H and O–H groups in total. The molecule has 0 aliphatic carbocycles. The molecule has 1 amide bonds. The number of nitrogens with one attached hydrogen (secondary N) is 1. The zero-order valence-corrected chi connectivity index (χ0v) is 10.6. The second-order valence-electron chi connectivity index (χ2n) is 5.21. The van der Waals surface area contributed by atoms with E-state index in [-0.39, 0.29) is 12.0 Å². The van der Waals surface area contributed by atoms with E-state index in [1.807, 2.05) is 20.8 Å². The van der Waals surface area contributed by atoms with Crippen LogP contribution in [0.5, 0.6) is 0 Å². The van der Waals surface area contributed by atoms with Crippen molar-refractivity contribution in [2.75, 3.05) is 13.1 Å². The van der Waals surface area contributed by atoms with E-state index in [1.54, 1.807) is 16.7 Å². The Morgan fingerprint density at radius 3 is 2.88 bits per heavy atom. The van der Waals surface area contributed by atoms with Gasteiger partial charge in [-0.25, -0.2) is 4.79 Å². The molecule has 6 heteroatoms. The summed E-state index contributed by atoms with van der Waals surface area (Å²) in [5.74, 6) is 0.163. The smallest absolute Gasteiger partial charge is 0.410 e. The zero-order valence-electron chi connectivity index (χ0n) is 10.6. The zero-order chi connectivity index (χ0) is 12.9. The van der Waals surface area contributed by atoms with Gasteiger partial charge in [0.05, 0.1) is 0 Å². The summed E-state index contributed by atoms with van der Waals surface area (Å²) in [6, 6.07) is 0. The predicted molar refractivity (Wildman–Crippen MR) is 63.9 cm³/mol. The maximum Gasteiger partial charge on any atom is 0.410 e. The Morgan fingerprint density at radius 2 is 2.29 bits per heavy atom. The van der Waals surface area contributed by atoms with E-state index >= 15 is 0 Å². The van der Waals surface area contributed by atoms with Crippen LogP contribution in [-0.4, -0.2) is 41.1 Å². The number of ether oxygens (including phenoxy) is 1. The molecule has 0 aromatic rings. The van der Waals surface area contributed by atoms with Crippen molar-refractivity contribution in [1.82, 2.24) is 10.5 Å². The first-order valence-electron chi connectivity index (χ1n) is 5.82. The average Bonchev–Trinajstić information content (AvgIpc) is 2.24. The van der Waals surface area contributed by atoms with Crippen LogP contribution in [0.15, 0.2) is 5.10 Å². The van der Waals surface area contributed by atoms with Crippen LogP contribution in [0.1, 0.15) is 33.6 Å². The third-order valence-corrected chi connectivity index (χ3v) is 2.45. The van der Waals surface area contributed by atoms with Crippen molar-refractivity contribution < 1.29 is 14.7 Å². The van der Waals surface area contributed by atoms with Crippen molar-refractivity contribution in [2.45, 2.75) is 39.2 Å². The van der Waals surface area contributed by atoms with Crippen molar-refractivity contribution in [3.05, 3.63) is 0 Å². The average molecular weight is 243 g/mol. The van der Waals surface area contributed by atoms with Crippen molar-refractivity contribution in [3.8, 4) is 0 Å².